The van der Waals surface area contributed by atoms with Crippen LogP contribution in [0.3, 0.4) is 0 Å². The van der Waals surface area contributed by atoms with Gasteiger partial charge in [-0.25, -0.2) is 4.98 Å². The second-order valence-electron chi connectivity index (χ2n) is 3.27. The van der Waals surface area contributed by atoms with E-state index in [2.05, 4.69) is 10.3 Å². The van der Waals surface area contributed by atoms with Gasteiger partial charge in [-0.3, -0.25) is 4.79 Å². The third-order valence-electron chi connectivity index (χ3n) is 1.98. The summed E-state index contributed by atoms with van der Waals surface area (Å²) < 4.78 is 17.5. The van der Waals surface area contributed by atoms with Crippen LogP contribution >= 0.6 is 0 Å². The second-order valence-corrected chi connectivity index (χ2v) is 3.27. The monoisotopic (exact) mass is 220 g/mol. The first-order chi connectivity index (χ1) is 7.65. The summed E-state index contributed by atoms with van der Waals surface area (Å²) in [6.45, 7) is 1.75. The normalized spacial score (nSPS) is 10.1. The predicted octanol–water partition coefficient (Wildman–Crippen LogP) is 2.37. The summed E-state index contributed by atoms with van der Waals surface area (Å²) in [6.07, 6.45) is 2.61. The van der Waals surface area contributed by atoms with Gasteiger partial charge in [-0.05, 0) is 25.1 Å². The van der Waals surface area contributed by atoms with E-state index in [0.717, 1.165) is 0 Å². The van der Waals surface area contributed by atoms with Crippen LogP contribution in [0.4, 0.5) is 10.1 Å². The number of hydrogen-bond donors (Lipinski definition) is 1. The molecule has 0 radical (unpaired) electrons. The van der Waals surface area contributed by atoms with Gasteiger partial charge in [0.1, 0.15) is 12.0 Å². The Labute approximate surface area is 91.1 Å². The summed E-state index contributed by atoms with van der Waals surface area (Å²) in [5.41, 5.74) is 0.854. The molecule has 0 bridgehead atoms. The third-order valence-corrected chi connectivity index (χ3v) is 1.98. The van der Waals surface area contributed by atoms with Crippen LogP contribution in [0.5, 0.6) is 0 Å². The standard InChI is InChI=1S/C11H9FN2O2/c1-7-4-8(6-16-7)11(15)14-9-2-3-10(12)13-5-9/h2-6H,1H3,(H,14,15). The van der Waals surface area contributed by atoms with E-state index < -0.39 is 5.95 Å². The first-order valence-electron chi connectivity index (χ1n) is 4.63. The van der Waals surface area contributed by atoms with Crippen LogP contribution in [0.2, 0.25) is 0 Å². The number of carbonyl (C=O) groups is 1. The molecular weight excluding hydrogens is 211 g/mol. The Morgan fingerprint density at radius 3 is 2.88 bits per heavy atom. The molecule has 1 amide bonds. The highest BCUT2D eigenvalue weighted by molar-refractivity contribution is 6.03. The van der Waals surface area contributed by atoms with Gasteiger partial charge in [0.2, 0.25) is 5.95 Å². The van der Waals surface area contributed by atoms with Crippen LogP contribution in [0.1, 0.15) is 16.1 Å². The zero-order valence-corrected chi connectivity index (χ0v) is 8.53. The predicted molar refractivity (Wildman–Crippen MR) is 55.6 cm³/mol. The molecule has 5 heteroatoms. The highest BCUT2D eigenvalue weighted by Crippen LogP contribution is 2.10. The van der Waals surface area contributed by atoms with Crippen LogP contribution in [0.25, 0.3) is 0 Å². The lowest BCUT2D eigenvalue weighted by atomic mass is 10.3. The largest absolute Gasteiger partial charge is 0.469 e. The average Bonchev–Trinajstić information content (AvgIpc) is 2.68. The van der Waals surface area contributed by atoms with Crippen molar-refractivity contribution in [3.05, 3.63) is 47.9 Å². The minimum atomic E-state index is -0.586. The lowest BCUT2D eigenvalue weighted by Gasteiger charge is -2.01. The summed E-state index contributed by atoms with van der Waals surface area (Å²) >= 11 is 0. The Morgan fingerprint density at radius 2 is 2.31 bits per heavy atom. The number of amides is 1. The van der Waals surface area contributed by atoms with Crippen LogP contribution in [-0.4, -0.2) is 10.9 Å². The molecule has 0 fully saturated rings. The van der Waals surface area contributed by atoms with Gasteiger partial charge in [-0.1, -0.05) is 0 Å². The molecule has 4 nitrogen and oxygen atoms in total. The Kier molecular flexibility index (Phi) is 2.68. The fourth-order valence-electron chi connectivity index (χ4n) is 1.22. The van der Waals surface area contributed by atoms with E-state index in [0.29, 0.717) is 17.0 Å². The molecule has 82 valence electrons. The fourth-order valence-corrected chi connectivity index (χ4v) is 1.22. The molecule has 0 aromatic carbocycles. The van der Waals surface area contributed by atoms with Gasteiger partial charge >= 0.3 is 0 Å². The molecule has 16 heavy (non-hydrogen) atoms. The van der Waals surface area contributed by atoms with Gasteiger partial charge in [0.05, 0.1) is 17.4 Å². The lowest BCUT2D eigenvalue weighted by Crippen LogP contribution is -2.11. The number of furan rings is 1. The lowest BCUT2D eigenvalue weighted by molar-refractivity contribution is 0.102. The first-order valence-corrected chi connectivity index (χ1v) is 4.63. The van der Waals surface area contributed by atoms with Crippen LogP contribution < -0.4 is 5.32 Å². The zero-order chi connectivity index (χ0) is 11.5. The van der Waals surface area contributed by atoms with Gasteiger partial charge in [-0.15, -0.1) is 0 Å². The quantitative estimate of drug-likeness (QED) is 0.790. The van der Waals surface area contributed by atoms with E-state index in [9.17, 15) is 9.18 Å². The molecule has 0 saturated carbocycles. The van der Waals surface area contributed by atoms with E-state index in [-0.39, 0.29) is 5.91 Å². The molecule has 2 aromatic heterocycles. The van der Waals surface area contributed by atoms with Crippen molar-refractivity contribution in [2.45, 2.75) is 6.92 Å². The number of hydrogen-bond acceptors (Lipinski definition) is 3. The number of nitrogens with zero attached hydrogens (tertiary/aromatic N) is 1. The molecule has 0 saturated heterocycles. The van der Waals surface area contributed by atoms with Crippen molar-refractivity contribution in [1.82, 2.24) is 4.98 Å². The molecule has 0 aliphatic rings. The smallest absolute Gasteiger partial charge is 0.258 e. The van der Waals surface area contributed by atoms with Crippen molar-refractivity contribution in [2.24, 2.45) is 0 Å². The van der Waals surface area contributed by atoms with E-state index in [1.54, 1.807) is 13.0 Å². The topological polar surface area (TPSA) is 55.1 Å². The van der Waals surface area contributed by atoms with Crippen molar-refractivity contribution >= 4 is 11.6 Å². The molecule has 0 aliphatic heterocycles. The minimum absolute atomic E-state index is 0.315. The van der Waals surface area contributed by atoms with Crippen molar-refractivity contribution in [3.8, 4) is 0 Å². The number of pyridine rings is 1. The SMILES string of the molecule is Cc1cc(C(=O)Nc2ccc(F)nc2)co1. The van der Waals surface area contributed by atoms with Gasteiger partial charge < -0.3 is 9.73 Å². The Bertz CT molecular complexity index is 505. The number of nitrogens with one attached hydrogen (secondary N) is 1. The Hall–Kier alpha value is -2.17. The zero-order valence-electron chi connectivity index (χ0n) is 8.53. The first kappa shape index (κ1) is 10.4. The highest BCUT2D eigenvalue weighted by Gasteiger charge is 2.08. The molecular formula is C11H9FN2O2. The van der Waals surface area contributed by atoms with Crippen LogP contribution in [0.15, 0.2) is 35.1 Å². The van der Waals surface area contributed by atoms with Crippen molar-refractivity contribution in [3.63, 3.8) is 0 Å². The summed E-state index contributed by atoms with van der Waals surface area (Å²) in [7, 11) is 0. The van der Waals surface area contributed by atoms with Crippen LogP contribution in [0, 0.1) is 12.9 Å². The van der Waals surface area contributed by atoms with Crippen molar-refractivity contribution in [2.75, 3.05) is 5.32 Å². The third kappa shape index (κ3) is 2.25. The molecule has 1 N–H and O–H groups in total. The molecule has 2 heterocycles. The van der Waals surface area contributed by atoms with Crippen molar-refractivity contribution in [1.29, 1.82) is 0 Å². The number of aryl methyl sites for hydroxylation is 1. The molecule has 2 rings (SSSR count). The van der Waals surface area contributed by atoms with Crippen LogP contribution in [-0.2, 0) is 0 Å². The summed E-state index contributed by atoms with van der Waals surface area (Å²) in [5.74, 6) is -0.246. The maximum Gasteiger partial charge on any atom is 0.258 e. The van der Waals surface area contributed by atoms with E-state index in [1.807, 2.05) is 0 Å². The van der Waals surface area contributed by atoms with E-state index in [4.69, 9.17) is 4.42 Å². The van der Waals surface area contributed by atoms with Gasteiger partial charge in [-0.2, -0.15) is 4.39 Å². The summed E-state index contributed by atoms with van der Waals surface area (Å²) in [5, 5.41) is 2.57. The molecule has 0 spiro atoms. The number of carbonyl (C=O) groups excluding carboxylic acids is 1. The summed E-state index contributed by atoms with van der Waals surface area (Å²) in [6, 6.07) is 4.23. The maximum atomic E-state index is 12.5. The fraction of sp³-hybridized carbons (Fsp3) is 0.0909. The molecule has 2 aromatic rings. The number of anilines is 1. The minimum Gasteiger partial charge on any atom is -0.469 e. The van der Waals surface area contributed by atoms with Gasteiger partial charge in [0.15, 0.2) is 0 Å². The molecule has 0 atom stereocenters. The number of aromatic nitrogens is 1. The van der Waals surface area contributed by atoms with E-state index in [1.165, 1.54) is 24.6 Å². The average molecular weight is 220 g/mol. The van der Waals surface area contributed by atoms with Crippen molar-refractivity contribution < 1.29 is 13.6 Å². The molecule has 0 aliphatic carbocycles. The Balaban J connectivity index is 2.10. The molecule has 0 unspecified atom stereocenters. The maximum absolute atomic E-state index is 12.5. The van der Waals surface area contributed by atoms with Gasteiger partial charge in [0, 0.05) is 0 Å². The van der Waals surface area contributed by atoms with Gasteiger partial charge in [0.25, 0.3) is 5.91 Å². The Morgan fingerprint density at radius 1 is 1.50 bits per heavy atom. The summed E-state index contributed by atoms with van der Waals surface area (Å²) in [4.78, 5) is 15.0. The van der Waals surface area contributed by atoms with E-state index >= 15 is 0 Å². The number of rotatable bonds is 2. The highest BCUT2D eigenvalue weighted by atomic mass is 19.1. The second kappa shape index (κ2) is 4.14. The number of halogens is 1.